The first-order valence-corrected chi connectivity index (χ1v) is 5.22. The van der Waals surface area contributed by atoms with E-state index in [1.165, 1.54) is 0 Å². The molecule has 0 aliphatic carbocycles. The lowest BCUT2D eigenvalue weighted by atomic mass is 10.3. The molecule has 0 atom stereocenters. The average Bonchev–Trinajstić information content (AvgIpc) is 1.99. The van der Waals surface area contributed by atoms with Crippen molar-refractivity contribution in [3.05, 3.63) is 12.7 Å². The van der Waals surface area contributed by atoms with E-state index in [1.807, 2.05) is 18.7 Å². The summed E-state index contributed by atoms with van der Waals surface area (Å²) in [5.41, 5.74) is 0. The summed E-state index contributed by atoms with van der Waals surface area (Å²) in [6.07, 6.45) is 2.32. The van der Waals surface area contributed by atoms with E-state index in [0.29, 0.717) is 13.0 Å². The molecule has 1 amide bonds. The van der Waals surface area contributed by atoms with Crippen LogP contribution in [0.15, 0.2) is 12.7 Å². The van der Waals surface area contributed by atoms with Crippen LogP contribution in [0, 0.1) is 0 Å². The summed E-state index contributed by atoms with van der Waals surface area (Å²) < 4.78 is 0. The van der Waals surface area contributed by atoms with Gasteiger partial charge in [-0.05, 0) is 13.8 Å². The van der Waals surface area contributed by atoms with Crippen LogP contribution in [-0.2, 0) is 4.79 Å². The number of halogens is 1. The number of alkyl halides is 1. The minimum absolute atomic E-state index is 0.182. The van der Waals surface area contributed by atoms with E-state index in [4.69, 9.17) is 0 Å². The Hall–Kier alpha value is -0.310. The molecule has 0 aromatic heterocycles. The van der Waals surface area contributed by atoms with E-state index in [-0.39, 0.29) is 11.9 Å². The van der Waals surface area contributed by atoms with Crippen molar-refractivity contribution < 1.29 is 4.79 Å². The van der Waals surface area contributed by atoms with Crippen LogP contribution in [0.2, 0.25) is 0 Å². The fourth-order valence-corrected chi connectivity index (χ4v) is 1.30. The van der Waals surface area contributed by atoms with E-state index in [1.54, 1.807) is 6.08 Å². The first-order chi connectivity index (χ1) is 5.63. The Labute approximate surface area is 82.8 Å². The Balaban J connectivity index is 4.08. The van der Waals surface area contributed by atoms with Gasteiger partial charge in [0.15, 0.2) is 0 Å². The lowest BCUT2D eigenvalue weighted by Gasteiger charge is -2.24. The molecule has 0 rings (SSSR count). The second-order valence-corrected chi connectivity index (χ2v) is 3.66. The number of carbonyl (C=O) groups is 1. The van der Waals surface area contributed by atoms with E-state index in [2.05, 4.69) is 22.5 Å². The van der Waals surface area contributed by atoms with Gasteiger partial charge in [0.2, 0.25) is 5.91 Å². The zero-order valence-corrected chi connectivity index (χ0v) is 9.30. The second kappa shape index (κ2) is 6.23. The third kappa shape index (κ3) is 3.90. The molecule has 0 spiro atoms. The van der Waals surface area contributed by atoms with Crippen LogP contribution in [0.1, 0.15) is 20.3 Å². The molecule has 3 heteroatoms. The molecule has 0 fully saturated rings. The smallest absolute Gasteiger partial charge is 0.223 e. The first kappa shape index (κ1) is 11.7. The minimum atomic E-state index is 0.182. The molecule has 0 aliphatic heterocycles. The fraction of sp³-hybridized carbons (Fsp3) is 0.667. The first-order valence-electron chi connectivity index (χ1n) is 4.09. The maximum Gasteiger partial charge on any atom is 0.223 e. The zero-order chi connectivity index (χ0) is 9.56. The Kier molecular flexibility index (Phi) is 6.07. The van der Waals surface area contributed by atoms with Crippen molar-refractivity contribution in [2.24, 2.45) is 0 Å². The van der Waals surface area contributed by atoms with Crippen molar-refractivity contribution in [3.63, 3.8) is 0 Å². The molecular weight excluding hydrogens is 218 g/mol. The highest BCUT2D eigenvalue weighted by molar-refractivity contribution is 9.09. The average molecular weight is 234 g/mol. The summed E-state index contributed by atoms with van der Waals surface area (Å²) in [4.78, 5) is 13.2. The molecule has 0 saturated heterocycles. The van der Waals surface area contributed by atoms with Gasteiger partial charge in [-0.3, -0.25) is 4.79 Å². The molecule has 0 aromatic rings. The van der Waals surface area contributed by atoms with E-state index in [9.17, 15) is 4.79 Å². The van der Waals surface area contributed by atoms with Gasteiger partial charge in [-0.25, -0.2) is 0 Å². The van der Waals surface area contributed by atoms with Crippen LogP contribution >= 0.6 is 15.9 Å². The monoisotopic (exact) mass is 233 g/mol. The van der Waals surface area contributed by atoms with Crippen molar-refractivity contribution in [3.8, 4) is 0 Å². The quantitative estimate of drug-likeness (QED) is 0.527. The molecule has 0 heterocycles. The summed E-state index contributed by atoms with van der Waals surface area (Å²) in [5, 5.41) is 0.728. The highest BCUT2D eigenvalue weighted by Gasteiger charge is 2.13. The van der Waals surface area contributed by atoms with Gasteiger partial charge in [0.25, 0.3) is 0 Å². The predicted molar refractivity (Wildman–Crippen MR) is 55.5 cm³/mol. The Morgan fingerprint density at radius 2 is 2.25 bits per heavy atom. The molecule has 0 saturated carbocycles. The standard InChI is InChI=1S/C9H16BrNO/c1-4-7-11(8(2)3)9(12)5-6-10/h4,8H,1,5-7H2,2-3H3. The van der Waals surface area contributed by atoms with Gasteiger partial charge in [0, 0.05) is 24.3 Å². The maximum absolute atomic E-state index is 11.4. The molecule has 0 unspecified atom stereocenters. The van der Waals surface area contributed by atoms with Crippen LogP contribution in [0.25, 0.3) is 0 Å². The summed E-state index contributed by atoms with van der Waals surface area (Å²) in [7, 11) is 0. The molecule has 0 N–H and O–H groups in total. The summed E-state index contributed by atoms with van der Waals surface area (Å²) in [6.45, 7) is 8.28. The van der Waals surface area contributed by atoms with Crippen LogP contribution in [0.3, 0.4) is 0 Å². The van der Waals surface area contributed by atoms with Gasteiger partial charge in [-0.2, -0.15) is 0 Å². The Morgan fingerprint density at radius 1 is 1.67 bits per heavy atom. The number of carbonyl (C=O) groups excluding carboxylic acids is 1. The number of hydrogen-bond donors (Lipinski definition) is 0. The normalized spacial score (nSPS) is 10.0. The van der Waals surface area contributed by atoms with E-state index in [0.717, 1.165) is 5.33 Å². The molecule has 70 valence electrons. The van der Waals surface area contributed by atoms with Crippen molar-refractivity contribution >= 4 is 21.8 Å². The molecular formula is C9H16BrNO. The number of nitrogens with zero attached hydrogens (tertiary/aromatic N) is 1. The zero-order valence-electron chi connectivity index (χ0n) is 7.72. The van der Waals surface area contributed by atoms with Gasteiger partial charge in [0.05, 0.1) is 0 Å². The van der Waals surface area contributed by atoms with Gasteiger partial charge >= 0.3 is 0 Å². The third-order valence-electron chi connectivity index (χ3n) is 1.58. The predicted octanol–water partition coefficient (Wildman–Crippen LogP) is 2.19. The Bertz CT molecular complexity index is 157. The number of hydrogen-bond acceptors (Lipinski definition) is 1. The Morgan fingerprint density at radius 3 is 2.58 bits per heavy atom. The van der Waals surface area contributed by atoms with Crippen LogP contribution < -0.4 is 0 Å². The summed E-state index contributed by atoms with van der Waals surface area (Å²) >= 11 is 3.25. The van der Waals surface area contributed by atoms with E-state index >= 15 is 0 Å². The largest absolute Gasteiger partial charge is 0.337 e. The lowest BCUT2D eigenvalue weighted by Crippen LogP contribution is -2.37. The highest BCUT2D eigenvalue weighted by atomic mass is 79.9. The van der Waals surface area contributed by atoms with Gasteiger partial charge in [-0.1, -0.05) is 22.0 Å². The van der Waals surface area contributed by atoms with Crippen LogP contribution in [-0.4, -0.2) is 28.7 Å². The fourth-order valence-electron chi connectivity index (χ4n) is 0.964. The number of rotatable bonds is 5. The lowest BCUT2D eigenvalue weighted by molar-refractivity contribution is -0.131. The van der Waals surface area contributed by atoms with Crippen molar-refractivity contribution in [2.45, 2.75) is 26.3 Å². The molecule has 12 heavy (non-hydrogen) atoms. The second-order valence-electron chi connectivity index (χ2n) is 2.87. The third-order valence-corrected chi connectivity index (χ3v) is 1.97. The SMILES string of the molecule is C=CCN(C(=O)CCBr)C(C)C. The van der Waals surface area contributed by atoms with Gasteiger partial charge in [0.1, 0.15) is 0 Å². The number of amides is 1. The minimum Gasteiger partial charge on any atom is -0.337 e. The van der Waals surface area contributed by atoms with Crippen molar-refractivity contribution in [1.82, 2.24) is 4.90 Å². The molecule has 0 aromatic carbocycles. The topological polar surface area (TPSA) is 20.3 Å². The maximum atomic E-state index is 11.4. The van der Waals surface area contributed by atoms with Gasteiger partial charge in [-0.15, -0.1) is 6.58 Å². The molecule has 0 radical (unpaired) electrons. The summed E-state index contributed by atoms with van der Waals surface area (Å²) in [6, 6.07) is 0.259. The molecule has 2 nitrogen and oxygen atoms in total. The van der Waals surface area contributed by atoms with Crippen LogP contribution in [0.4, 0.5) is 0 Å². The summed E-state index contributed by atoms with van der Waals surface area (Å²) in [5.74, 6) is 0.182. The van der Waals surface area contributed by atoms with Crippen molar-refractivity contribution in [1.29, 1.82) is 0 Å². The van der Waals surface area contributed by atoms with E-state index < -0.39 is 0 Å². The molecule has 0 bridgehead atoms. The van der Waals surface area contributed by atoms with Gasteiger partial charge < -0.3 is 4.90 Å². The molecule has 0 aliphatic rings. The highest BCUT2D eigenvalue weighted by Crippen LogP contribution is 2.02. The van der Waals surface area contributed by atoms with Crippen molar-refractivity contribution in [2.75, 3.05) is 11.9 Å². The van der Waals surface area contributed by atoms with Crippen LogP contribution in [0.5, 0.6) is 0 Å².